The fourth-order valence-electron chi connectivity index (χ4n) is 2.83. The van der Waals surface area contributed by atoms with Crippen LogP contribution < -0.4 is 4.90 Å². The van der Waals surface area contributed by atoms with E-state index in [2.05, 4.69) is 15.9 Å². The average molecular weight is 492 g/mol. The molecule has 1 atom stereocenters. The predicted molar refractivity (Wildman–Crippen MR) is 117 cm³/mol. The number of thioether (sulfide) groups is 1. The summed E-state index contributed by atoms with van der Waals surface area (Å²) in [7, 11) is 0. The maximum absolute atomic E-state index is 13.2. The second-order valence-corrected chi connectivity index (χ2v) is 8.64. The van der Waals surface area contributed by atoms with Gasteiger partial charge in [-0.3, -0.25) is 9.69 Å². The molecule has 8 heteroatoms. The van der Waals surface area contributed by atoms with Crippen LogP contribution in [0.4, 0.5) is 5.69 Å². The topological polar surface area (TPSA) is 70.4 Å². The zero-order valence-corrected chi connectivity index (χ0v) is 18.6. The van der Waals surface area contributed by atoms with E-state index in [-0.39, 0.29) is 23.1 Å². The Morgan fingerprint density at radius 2 is 1.90 bits per heavy atom. The molecule has 1 saturated heterocycles. The number of benzene rings is 2. The fourth-order valence-corrected chi connectivity index (χ4v) is 4.52. The van der Waals surface area contributed by atoms with Crippen LogP contribution in [-0.4, -0.2) is 23.7 Å². The average Bonchev–Trinajstić information content (AvgIpc) is 3.01. The molecule has 1 aliphatic rings. The number of nitriles is 1. The number of nitrogens with zero attached hydrogens (tertiary/aromatic N) is 2. The van der Waals surface area contributed by atoms with Gasteiger partial charge in [-0.15, -0.1) is 0 Å². The SMILES string of the molecule is CCOC(=O)/C(C#N)=C1\SC(Cc2ccc(Cl)cc2)C(=O)N1c1ccc(Br)cc1. The third-order valence-corrected chi connectivity index (χ3v) is 6.22. The monoisotopic (exact) mass is 490 g/mol. The Bertz CT molecular complexity index is 1000. The highest BCUT2D eigenvalue weighted by atomic mass is 79.9. The minimum atomic E-state index is -0.737. The van der Waals surface area contributed by atoms with Gasteiger partial charge < -0.3 is 4.74 Å². The highest BCUT2D eigenvalue weighted by molar-refractivity contribution is 9.10. The van der Waals surface area contributed by atoms with E-state index in [1.165, 1.54) is 16.7 Å². The molecule has 1 unspecified atom stereocenters. The molecule has 29 heavy (non-hydrogen) atoms. The van der Waals surface area contributed by atoms with Crippen LogP contribution in [-0.2, 0) is 20.7 Å². The zero-order valence-electron chi connectivity index (χ0n) is 15.4. The standard InChI is InChI=1S/C21H16BrClN2O3S/c1-2-28-21(27)17(12-24)20-25(16-9-5-14(22)6-10-16)19(26)18(29-20)11-13-3-7-15(23)8-4-13/h3-10,18H,2,11H2,1H3/b20-17-. The number of carbonyl (C=O) groups excluding carboxylic acids is 2. The Balaban J connectivity index is 2.02. The number of rotatable bonds is 5. The Morgan fingerprint density at radius 3 is 2.48 bits per heavy atom. The fraction of sp³-hybridized carbons (Fsp3) is 0.190. The van der Waals surface area contributed by atoms with Gasteiger partial charge in [-0.2, -0.15) is 5.26 Å². The van der Waals surface area contributed by atoms with E-state index in [1.54, 1.807) is 43.3 Å². The molecule has 0 aliphatic carbocycles. The van der Waals surface area contributed by atoms with Crippen molar-refractivity contribution < 1.29 is 14.3 Å². The lowest BCUT2D eigenvalue weighted by Crippen LogP contribution is -2.30. The highest BCUT2D eigenvalue weighted by Crippen LogP contribution is 2.42. The van der Waals surface area contributed by atoms with E-state index in [0.29, 0.717) is 17.1 Å². The smallest absolute Gasteiger partial charge is 0.351 e. The minimum absolute atomic E-state index is 0.141. The lowest BCUT2D eigenvalue weighted by molar-refractivity contribution is -0.138. The van der Waals surface area contributed by atoms with Crippen molar-refractivity contribution in [2.24, 2.45) is 0 Å². The molecule has 2 aromatic carbocycles. The second-order valence-electron chi connectivity index (χ2n) is 6.10. The van der Waals surface area contributed by atoms with Gasteiger partial charge in [0.1, 0.15) is 11.1 Å². The molecule has 0 radical (unpaired) electrons. The molecule has 2 aromatic rings. The molecule has 0 N–H and O–H groups in total. The van der Waals surface area contributed by atoms with E-state index in [1.807, 2.05) is 18.2 Å². The number of anilines is 1. The summed E-state index contributed by atoms with van der Waals surface area (Å²) < 4.78 is 5.88. The lowest BCUT2D eigenvalue weighted by Gasteiger charge is -2.18. The van der Waals surface area contributed by atoms with Gasteiger partial charge in [0.2, 0.25) is 5.91 Å². The molecule has 0 aromatic heterocycles. The molecule has 5 nitrogen and oxygen atoms in total. The summed E-state index contributed by atoms with van der Waals surface area (Å²) in [6.45, 7) is 1.81. The van der Waals surface area contributed by atoms with Gasteiger partial charge in [-0.1, -0.05) is 51.4 Å². The van der Waals surface area contributed by atoms with Crippen LogP contribution >= 0.6 is 39.3 Å². The summed E-state index contributed by atoms with van der Waals surface area (Å²) in [4.78, 5) is 27.0. The van der Waals surface area contributed by atoms with Gasteiger partial charge in [0.05, 0.1) is 11.9 Å². The van der Waals surface area contributed by atoms with Crippen molar-refractivity contribution in [2.75, 3.05) is 11.5 Å². The van der Waals surface area contributed by atoms with Crippen molar-refractivity contribution in [1.29, 1.82) is 5.26 Å². The molecule has 1 aliphatic heterocycles. The first-order valence-electron chi connectivity index (χ1n) is 8.76. The first-order chi connectivity index (χ1) is 13.9. The summed E-state index contributed by atoms with van der Waals surface area (Å²) in [6, 6.07) is 16.3. The van der Waals surface area contributed by atoms with Crippen molar-refractivity contribution in [3.05, 3.63) is 74.2 Å². The van der Waals surface area contributed by atoms with Crippen LogP contribution in [0.5, 0.6) is 0 Å². The summed E-state index contributed by atoms with van der Waals surface area (Å²) in [6.07, 6.45) is 0.443. The van der Waals surface area contributed by atoms with Gasteiger partial charge in [-0.05, 0) is 55.3 Å². The largest absolute Gasteiger partial charge is 0.462 e. The first kappa shape index (κ1) is 21.4. The lowest BCUT2D eigenvalue weighted by atomic mass is 10.1. The molecule has 0 bridgehead atoms. The van der Waals surface area contributed by atoms with Gasteiger partial charge in [0, 0.05) is 15.2 Å². The summed E-state index contributed by atoms with van der Waals surface area (Å²) in [5.74, 6) is -0.932. The Morgan fingerprint density at radius 1 is 1.24 bits per heavy atom. The number of carbonyl (C=O) groups is 2. The third-order valence-electron chi connectivity index (χ3n) is 4.18. The molecule has 1 amide bonds. The molecule has 148 valence electrons. The molecule has 1 heterocycles. The quantitative estimate of drug-likeness (QED) is 0.331. The van der Waals surface area contributed by atoms with Gasteiger partial charge in [0.25, 0.3) is 0 Å². The Kier molecular flexibility index (Phi) is 7.01. The van der Waals surface area contributed by atoms with Crippen molar-refractivity contribution >= 4 is 56.9 Å². The molecular formula is C21H16BrClN2O3S. The highest BCUT2D eigenvalue weighted by Gasteiger charge is 2.41. The molecular weight excluding hydrogens is 476 g/mol. The molecule has 0 spiro atoms. The maximum Gasteiger partial charge on any atom is 0.351 e. The minimum Gasteiger partial charge on any atom is -0.462 e. The van der Waals surface area contributed by atoms with Gasteiger partial charge in [-0.25, -0.2) is 4.79 Å². The number of hydrogen-bond acceptors (Lipinski definition) is 5. The molecule has 3 rings (SSSR count). The number of halogens is 2. The van der Waals surface area contributed by atoms with E-state index in [0.717, 1.165) is 10.0 Å². The number of amides is 1. The van der Waals surface area contributed by atoms with E-state index >= 15 is 0 Å². The van der Waals surface area contributed by atoms with Crippen molar-refractivity contribution in [2.45, 2.75) is 18.6 Å². The first-order valence-corrected chi connectivity index (χ1v) is 10.8. The van der Waals surface area contributed by atoms with Gasteiger partial charge >= 0.3 is 5.97 Å². The summed E-state index contributed by atoms with van der Waals surface area (Å²) >= 11 is 10.5. The van der Waals surface area contributed by atoms with Crippen LogP contribution in [0, 0.1) is 11.3 Å². The van der Waals surface area contributed by atoms with Crippen molar-refractivity contribution in [1.82, 2.24) is 0 Å². The van der Waals surface area contributed by atoms with E-state index < -0.39 is 11.2 Å². The van der Waals surface area contributed by atoms with E-state index in [4.69, 9.17) is 16.3 Å². The van der Waals surface area contributed by atoms with Crippen molar-refractivity contribution in [3.8, 4) is 6.07 Å². The maximum atomic E-state index is 13.2. The number of esters is 1. The molecule has 1 fully saturated rings. The zero-order chi connectivity index (χ0) is 21.0. The Labute approximate surface area is 186 Å². The van der Waals surface area contributed by atoms with Crippen molar-refractivity contribution in [3.63, 3.8) is 0 Å². The van der Waals surface area contributed by atoms with Crippen LogP contribution in [0.2, 0.25) is 5.02 Å². The number of hydrogen-bond donors (Lipinski definition) is 0. The van der Waals surface area contributed by atoms with Crippen LogP contribution in [0.25, 0.3) is 0 Å². The van der Waals surface area contributed by atoms with E-state index in [9.17, 15) is 14.9 Å². The third kappa shape index (κ3) is 4.84. The van der Waals surface area contributed by atoms with Crippen LogP contribution in [0.3, 0.4) is 0 Å². The summed E-state index contributed by atoms with van der Waals surface area (Å²) in [5, 5.41) is 10.0. The summed E-state index contributed by atoms with van der Waals surface area (Å²) in [5.41, 5.74) is 1.34. The van der Waals surface area contributed by atoms with Crippen LogP contribution in [0.1, 0.15) is 12.5 Å². The van der Waals surface area contributed by atoms with Gasteiger partial charge in [0.15, 0.2) is 5.57 Å². The molecule has 0 saturated carbocycles. The van der Waals surface area contributed by atoms with Crippen LogP contribution in [0.15, 0.2) is 63.6 Å². The number of ether oxygens (including phenoxy) is 1. The second kappa shape index (κ2) is 9.49. The predicted octanol–water partition coefficient (Wildman–Crippen LogP) is 5.09. The Hall–Kier alpha value is -2.27. The normalized spacial score (nSPS) is 17.8.